The van der Waals surface area contributed by atoms with Crippen LogP contribution in [0.2, 0.25) is 0 Å². The summed E-state index contributed by atoms with van der Waals surface area (Å²) in [4.78, 5) is 9.57. The number of benzene rings is 1. The fourth-order valence-electron chi connectivity index (χ4n) is 1.41. The van der Waals surface area contributed by atoms with E-state index in [1.807, 2.05) is 0 Å². The molecule has 0 aromatic heterocycles. The second-order valence-electron chi connectivity index (χ2n) is 3.14. The molecule has 0 atom stereocenters. The number of aryl methyl sites for hydroxylation is 1. The van der Waals surface area contributed by atoms with E-state index in [0.717, 1.165) is 12.1 Å². The van der Waals surface area contributed by atoms with Gasteiger partial charge in [-0.1, -0.05) is 6.92 Å². The van der Waals surface area contributed by atoms with Crippen molar-refractivity contribution in [1.82, 2.24) is 0 Å². The van der Waals surface area contributed by atoms with Gasteiger partial charge in [0.15, 0.2) is 0 Å². The zero-order chi connectivity index (χ0) is 13.2. The molecule has 0 unspecified atom stereocenters. The Balaban J connectivity index is 3.73. The number of hydrogen-bond acceptors (Lipinski definition) is 5. The summed E-state index contributed by atoms with van der Waals surface area (Å²) in [6.45, 7) is 1.62. The van der Waals surface area contributed by atoms with Crippen molar-refractivity contribution < 1.29 is 13.3 Å². The van der Waals surface area contributed by atoms with Gasteiger partial charge >= 0.3 is 0 Å². The summed E-state index contributed by atoms with van der Waals surface area (Å²) in [7, 11) is 1.11. The number of hydrogen-bond donors (Lipinski definition) is 0. The number of nitriles is 1. The summed E-state index contributed by atoms with van der Waals surface area (Å²) in [5.41, 5.74) is -0.487. The van der Waals surface area contributed by atoms with E-state index in [1.54, 1.807) is 13.0 Å². The normalized spacial score (nSPS) is 10.9. The molecule has 1 aromatic rings. The van der Waals surface area contributed by atoms with Gasteiger partial charge in [0.25, 0.3) is 14.7 Å². The molecule has 0 spiro atoms. The molecule has 0 heterocycles. The standard InChI is InChI=1S/C9H7ClN2O4S/c1-2-6-3-8(12(13)14)4-7(5-11)9(6)17(10,15)16/h3-4H,2H2,1H3. The quantitative estimate of drug-likeness (QED) is 0.476. The molecule has 1 aromatic carbocycles. The van der Waals surface area contributed by atoms with Gasteiger partial charge in [0.2, 0.25) is 0 Å². The minimum atomic E-state index is -4.10. The molecule has 0 aliphatic heterocycles. The molecule has 1 rings (SSSR count). The third-order valence-electron chi connectivity index (χ3n) is 2.11. The highest BCUT2D eigenvalue weighted by molar-refractivity contribution is 8.13. The minimum absolute atomic E-state index is 0.158. The van der Waals surface area contributed by atoms with Crippen molar-refractivity contribution in [3.8, 4) is 6.07 Å². The molecule has 0 fully saturated rings. The zero-order valence-electron chi connectivity index (χ0n) is 8.68. The van der Waals surface area contributed by atoms with Gasteiger partial charge in [0.1, 0.15) is 11.0 Å². The van der Waals surface area contributed by atoms with Crippen molar-refractivity contribution >= 4 is 25.4 Å². The van der Waals surface area contributed by atoms with Crippen LogP contribution in [0.4, 0.5) is 5.69 Å². The zero-order valence-corrected chi connectivity index (χ0v) is 10.2. The predicted molar refractivity (Wildman–Crippen MR) is 60.2 cm³/mol. The van der Waals surface area contributed by atoms with Crippen molar-refractivity contribution in [1.29, 1.82) is 5.26 Å². The Morgan fingerprint density at radius 2 is 2.12 bits per heavy atom. The maximum absolute atomic E-state index is 11.3. The van der Waals surface area contributed by atoms with E-state index in [9.17, 15) is 18.5 Å². The highest BCUT2D eigenvalue weighted by Crippen LogP contribution is 2.29. The van der Waals surface area contributed by atoms with Crippen LogP contribution in [0.15, 0.2) is 17.0 Å². The molecule has 8 heteroatoms. The molecule has 0 amide bonds. The van der Waals surface area contributed by atoms with Crippen molar-refractivity contribution in [3.63, 3.8) is 0 Å². The Bertz CT molecular complexity index is 619. The largest absolute Gasteiger partial charge is 0.271 e. The first-order valence-electron chi connectivity index (χ1n) is 4.47. The highest BCUT2D eigenvalue weighted by Gasteiger charge is 2.23. The maximum Gasteiger partial charge on any atom is 0.271 e. The molecule has 0 radical (unpaired) electrons. The highest BCUT2D eigenvalue weighted by atomic mass is 35.7. The summed E-state index contributed by atoms with van der Waals surface area (Å²) < 4.78 is 22.6. The lowest BCUT2D eigenvalue weighted by Gasteiger charge is -2.06. The lowest BCUT2D eigenvalue weighted by atomic mass is 10.1. The smallest absolute Gasteiger partial charge is 0.258 e. The Hall–Kier alpha value is -1.65. The molecule has 0 bridgehead atoms. The van der Waals surface area contributed by atoms with Crippen LogP contribution >= 0.6 is 10.7 Å². The van der Waals surface area contributed by atoms with E-state index in [-0.39, 0.29) is 28.1 Å². The lowest BCUT2D eigenvalue weighted by Crippen LogP contribution is -2.03. The van der Waals surface area contributed by atoms with Gasteiger partial charge in [-0.2, -0.15) is 5.26 Å². The topological polar surface area (TPSA) is 101 Å². The number of nitro groups is 1. The maximum atomic E-state index is 11.3. The Morgan fingerprint density at radius 3 is 2.47 bits per heavy atom. The number of rotatable bonds is 3. The first kappa shape index (κ1) is 13.4. The van der Waals surface area contributed by atoms with Crippen molar-refractivity contribution in [2.45, 2.75) is 18.2 Å². The monoisotopic (exact) mass is 274 g/mol. The Labute approximate surface area is 102 Å². The van der Waals surface area contributed by atoms with Crippen LogP contribution in [-0.4, -0.2) is 13.3 Å². The van der Waals surface area contributed by atoms with Crippen molar-refractivity contribution in [2.24, 2.45) is 0 Å². The van der Waals surface area contributed by atoms with Gasteiger partial charge in [-0.05, 0) is 12.0 Å². The van der Waals surface area contributed by atoms with Gasteiger partial charge in [-0.3, -0.25) is 10.1 Å². The van der Waals surface area contributed by atoms with E-state index in [4.69, 9.17) is 15.9 Å². The third kappa shape index (κ3) is 2.72. The fourth-order valence-corrected chi connectivity index (χ4v) is 2.84. The van der Waals surface area contributed by atoms with Gasteiger partial charge in [0.05, 0.1) is 10.5 Å². The molecule has 90 valence electrons. The number of nitro benzene ring substituents is 1. The van der Waals surface area contributed by atoms with Crippen LogP contribution in [0.3, 0.4) is 0 Å². The SMILES string of the molecule is CCc1cc([N+](=O)[O-])cc(C#N)c1S(=O)(=O)Cl. The second-order valence-corrected chi connectivity index (χ2v) is 5.64. The number of nitrogens with zero attached hydrogens (tertiary/aromatic N) is 2. The molecule has 0 aliphatic rings. The van der Waals surface area contributed by atoms with Gasteiger partial charge in [0, 0.05) is 22.8 Å². The Morgan fingerprint density at radius 1 is 1.53 bits per heavy atom. The number of halogens is 1. The predicted octanol–water partition coefficient (Wildman–Crippen LogP) is 1.96. The van der Waals surface area contributed by atoms with Crippen LogP contribution in [0.1, 0.15) is 18.1 Å². The van der Waals surface area contributed by atoms with E-state index < -0.39 is 14.0 Å². The summed E-state index contributed by atoms with van der Waals surface area (Å²) >= 11 is 0. The average Bonchev–Trinajstić information content (AvgIpc) is 2.25. The van der Waals surface area contributed by atoms with Crippen molar-refractivity contribution in [2.75, 3.05) is 0 Å². The molecule has 0 saturated heterocycles. The lowest BCUT2D eigenvalue weighted by molar-refractivity contribution is -0.385. The van der Waals surface area contributed by atoms with Crippen LogP contribution in [0.25, 0.3) is 0 Å². The van der Waals surface area contributed by atoms with Gasteiger partial charge in [-0.15, -0.1) is 0 Å². The molecular weight excluding hydrogens is 268 g/mol. The minimum Gasteiger partial charge on any atom is -0.258 e. The molecular formula is C9H7ClN2O4S. The second kappa shape index (κ2) is 4.69. The first-order valence-corrected chi connectivity index (χ1v) is 6.78. The molecule has 17 heavy (non-hydrogen) atoms. The fraction of sp³-hybridized carbons (Fsp3) is 0.222. The van der Waals surface area contributed by atoms with Crippen LogP contribution < -0.4 is 0 Å². The molecule has 6 nitrogen and oxygen atoms in total. The average molecular weight is 275 g/mol. The van der Waals surface area contributed by atoms with Crippen molar-refractivity contribution in [3.05, 3.63) is 33.4 Å². The van der Waals surface area contributed by atoms with Crippen LogP contribution in [0.5, 0.6) is 0 Å². The molecule has 0 N–H and O–H groups in total. The number of non-ortho nitro benzene ring substituents is 1. The van der Waals surface area contributed by atoms with E-state index in [2.05, 4.69) is 0 Å². The van der Waals surface area contributed by atoms with Gasteiger partial charge in [-0.25, -0.2) is 8.42 Å². The van der Waals surface area contributed by atoms with E-state index in [1.165, 1.54) is 0 Å². The van der Waals surface area contributed by atoms with E-state index >= 15 is 0 Å². The van der Waals surface area contributed by atoms with E-state index in [0.29, 0.717) is 0 Å². The first-order chi connectivity index (χ1) is 7.81. The Kier molecular flexibility index (Phi) is 3.70. The van der Waals surface area contributed by atoms with Gasteiger partial charge < -0.3 is 0 Å². The summed E-state index contributed by atoms with van der Waals surface area (Å²) in [6, 6.07) is 3.61. The molecule has 0 aliphatic carbocycles. The third-order valence-corrected chi connectivity index (χ3v) is 3.54. The molecule has 0 saturated carbocycles. The summed E-state index contributed by atoms with van der Waals surface area (Å²) in [6.07, 6.45) is 0.220. The summed E-state index contributed by atoms with van der Waals surface area (Å²) in [5, 5.41) is 19.4. The summed E-state index contributed by atoms with van der Waals surface area (Å²) in [5.74, 6) is 0. The van der Waals surface area contributed by atoms with Crippen LogP contribution in [-0.2, 0) is 15.5 Å². The van der Waals surface area contributed by atoms with Crippen LogP contribution in [0, 0.1) is 21.4 Å².